The molecule has 0 saturated carbocycles. The second-order valence-electron chi connectivity index (χ2n) is 4.14. The fourth-order valence-electron chi connectivity index (χ4n) is 1.65. The number of benzene rings is 1. The van der Waals surface area contributed by atoms with Crippen LogP contribution in [0.5, 0.6) is 17.2 Å². The Hall–Kier alpha value is -2.44. The highest BCUT2D eigenvalue weighted by Crippen LogP contribution is 2.35. The molecule has 7 nitrogen and oxygen atoms in total. The first-order valence-corrected chi connectivity index (χ1v) is 6.16. The molecular weight excluding hydrogens is 266 g/mol. The number of hydrogen-bond acceptors (Lipinski definition) is 5. The molecule has 20 heavy (non-hydrogen) atoms. The van der Waals surface area contributed by atoms with Gasteiger partial charge in [-0.15, -0.1) is 0 Å². The van der Waals surface area contributed by atoms with Crippen LogP contribution < -0.4 is 19.5 Å². The van der Waals surface area contributed by atoms with E-state index in [9.17, 15) is 9.59 Å². The van der Waals surface area contributed by atoms with E-state index in [4.69, 9.17) is 19.3 Å². The molecule has 0 atom stereocenters. The second kappa shape index (κ2) is 6.65. The first-order valence-electron chi connectivity index (χ1n) is 6.16. The molecule has 1 aliphatic heterocycles. The van der Waals surface area contributed by atoms with Gasteiger partial charge in [-0.1, -0.05) is 0 Å². The molecule has 1 heterocycles. The minimum Gasteiger partial charge on any atom is -0.493 e. The number of carboxylic acids is 1. The molecular formula is C13H15NO6. The lowest BCUT2D eigenvalue weighted by molar-refractivity contribution is -0.137. The van der Waals surface area contributed by atoms with Gasteiger partial charge in [-0.25, -0.2) is 0 Å². The van der Waals surface area contributed by atoms with Crippen LogP contribution in [-0.2, 0) is 9.59 Å². The SMILES string of the molecule is O=C(O)CNC(=O)CCCOc1ccc2c(c1)OCO2. The molecule has 2 rings (SSSR count). The minimum atomic E-state index is -1.06. The molecule has 7 heteroatoms. The number of hydrogen-bond donors (Lipinski definition) is 2. The van der Waals surface area contributed by atoms with Crippen molar-refractivity contribution in [3.05, 3.63) is 18.2 Å². The summed E-state index contributed by atoms with van der Waals surface area (Å²) in [7, 11) is 0. The number of aliphatic carboxylic acids is 1. The van der Waals surface area contributed by atoms with E-state index in [1.54, 1.807) is 18.2 Å². The summed E-state index contributed by atoms with van der Waals surface area (Å²) in [5, 5.41) is 10.7. The lowest BCUT2D eigenvalue weighted by Crippen LogP contribution is -2.29. The molecule has 1 aromatic carbocycles. The maximum absolute atomic E-state index is 11.2. The van der Waals surface area contributed by atoms with Crippen molar-refractivity contribution in [2.45, 2.75) is 12.8 Å². The van der Waals surface area contributed by atoms with Gasteiger partial charge >= 0.3 is 5.97 Å². The fourth-order valence-corrected chi connectivity index (χ4v) is 1.65. The summed E-state index contributed by atoms with van der Waals surface area (Å²) in [6.45, 7) is 0.213. The van der Waals surface area contributed by atoms with Gasteiger partial charge in [-0.05, 0) is 18.6 Å². The Morgan fingerprint density at radius 3 is 2.90 bits per heavy atom. The summed E-state index contributed by atoms with van der Waals surface area (Å²) in [6.07, 6.45) is 0.720. The maximum atomic E-state index is 11.2. The Bertz CT molecular complexity index is 502. The number of rotatable bonds is 7. The molecule has 1 amide bonds. The number of carbonyl (C=O) groups is 2. The Kier molecular flexibility index (Phi) is 4.65. The number of nitrogens with one attached hydrogen (secondary N) is 1. The quantitative estimate of drug-likeness (QED) is 0.717. The zero-order valence-electron chi connectivity index (χ0n) is 10.8. The van der Waals surface area contributed by atoms with Crippen molar-refractivity contribution in [1.29, 1.82) is 0 Å². The van der Waals surface area contributed by atoms with Gasteiger partial charge in [0.2, 0.25) is 12.7 Å². The van der Waals surface area contributed by atoms with E-state index in [1.807, 2.05) is 0 Å². The van der Waals surface area contributed by atoms with Crippen LogP contribution in [0.25, 0.3) is 0 Å². The highest BCUT2D eigenvalue weighted by atomic mass is 16.7. The minimum absolute atomic E-state index is 0.211. The molecule has 2 N–H and O–H groups in total. The van der Waals surface area contributed by atoms with E-state index >= 15 is 0 Å². The van der Waals surface area contributed by atoms with Crippen molar-refractivity contribution >= 4 is 11.9 Å². The number of fused-ring (bicyclic) bond motifs is 1. The summed E-state index contributed by atoms with van der Waals surface area (Å²) >= 11 is 0. The molecule has 0 fully saturated rings. The van der Waals surface area contributed by atoms with E-state index < -0.39 is 5.97 Å². The van der Waals surface area contributed by atoms with Gasteiger partial charge in [0, 0.05) is 12.5 Å². The van der Waals surface area contributed by atoms with Crippen LogP contribution in [0.3, 0.4) is 0 Å². The van der Waals surface area contributed by atoms with Crippen LogP contribution in [0.4, 0.5) is 0 Å². The topological polar surface area (TPSA) is 94.1 Å². The molecule has 1 aromatic rings. The average molecular weight is 281 g/mol. The number of carbonyl (C=O) groups excluding carboxylic acids is 1. The summed E-state index contributed by atoms with van der Waals surface area (Å²) < 4.78 is 15.9. The Labute approximate surface area is 115 Å². The fraction of sp³-hybridized carbons (Fsp3) is 0.385. The summed E-state index contributed by atoms with van der Waals surface area (Å²) in [4.78, 5) is 21.5. The highest BCUT2D eigenvalue weighted by molar-refractivity contribution is 5.80. The molecule has 0 bridgehead atoms. The van der Waals surface area contributed by atoms with Crippen LogP contribution in [-0.4, -0.2) is 36.9 Å². The van der Waals surface area contributed by atoms with E-state index in [2.05, 4.69) is 5.32 Å². The lowest BCUT2D eigenvalue weighted by Gasteiger charge is -2.07. The summed E-state index contributed by atoms with van der Waals surface area (Å²) in [6, 6.07) is 5.25. The first-order chi connectivity index (χ1) is 9.65. The molecule has 0 aliphatic carbocycles. The van der Waals surface area contributed by atoms with Crippen LogP contribution in [0.2, 0.25) is 0 Å². The van der Waals surface area contributed by atoms with Crippen molar-refractivity contribution in [1.82, 2.24) is 5.32 Å². The smallest absolute Gasteiger partial charge is 0.322 e. The number of amides is 1. The van der Waals surface area contributed by atoms with E-state index in [1.165, 1.54) is 0 Å². The van der Waals surface area contributed by atoms with E-state index in [-0.39, 0.29) is 25.7 Å². The van der Waals surface area contributed by atoms with Crippen molar-refractivity contribution in [3.63, 3.8) is 0 Å². The third-order valence-electron chi connectivity index (χ3n) is 2.60. The number of ether oxygens (including phenoxy) is 3. The Morgan fingerprint density at radius 2 is 2.10 bits per heavy atom. The van der Waals surface area contributed by atoms with E-state index in [0.717, 1.165) is 0 Å². The number of carboxylic acid groups (broad SMARTS) is 1. The Balaban J connectivity index is 1.66. The monoisotopic (exact) mass is 281 g/mol. The Morgan fingerprint density at radius 1 is 1.30 bits per heavy atom. The second-order valence-corrected chi connectivity index (χ2v) is 4.14. The van der Waals surface area contributed by atoms with Gasteiger partial charge < -0.3 is 24.6 Å². The predicted molar refractivity (Wildman–Crippen MR) is 67.9 cm³/mol. The van der Waals surface area contributed by atoms with Crippen molar-refractivity contribution < 1.29 is 28.9 Å². The third-order valence-corrected chi connectivity index (χ3v) is 2.60. The zero-order valence-corrected chi connectivity index (χ0v) is 10.8. The van der Waals surface area contributed by atoms with Crippen molar-refractivity contribution in [2.75, 3.05) is 19.9 Å². The molecule has 0 unspecified atom stereocenters. The largest absolute Gasteiger partial charge is 0.493 e. The van der Waals surface area contributed by atoms with Gasteiger partial charge in [0.1, 0.15) is 12.3 Å². The van der Waals surface area contributed by atoms with E-state index in [0.29, 0.717) is 30.3 Å². The molecule has 0 spiro atoms. The van der Waals surface area contributed by atoms with Gasteiger partial charge in [0.05, 0.1) is 6.61 Å². The maximum Gasteiger partial charge on any atom is 0.322 e. The van der Waals surface area contributed by atoms with Gasteiger partial charge in [0.25, 0.3) is 0 Å². The summed E-state index contributed by atoms with van der Waals surface area (Å²) in [5.74, 6) is 0.601. The molecule has 0 aromatic heterocycles. The molecule has 1 aliphatic rings. The normalized spacial score (nSPS) is 12.0. The predicted octanol–water partition coefficient (Wildman–Crippen LogP) is 0.775. The zero-order chi connectivity index (χ0) is 14.4. The van der Waals surface area contributed by atoms with Gasteiger partial charge in [-0.3, -0.25) is 9.59 Å². The average Bonchev–Trinajstić information content (AvgIpc) is 2.88. The van der Waals surface area contributed by atoms with Crippen molar-refractivity contribution in [3.8, 4) is 17.2 Å². The van der Waals surface area contributed by atoms with Crippen LogP contribution in [0.15, 0.2) is 18.2 Å². The lowest BCUT2D eigenvalue weighted by atomic mass is 10.3. The first kappa shape index (κ1) is 14.0. The van der Waals surface area contributed by atoms with Gasteiger partial charge in [0.15, 0.2) is 11.5 Å². The molecule has 108 valence electrons. The summed E-state index contributed by atoms with van der Waals surface area (Å²) in [5.41, 5.74) is 0. The van der Waals surface area contributed by atoms with Crippen LogP contribution in [0.1, 0.15) is 12.8 Å². The highest BCUT2D eigenvalue weighted by Gasteiger charge is 2.13. The molecule has 0 radical (unpaired) electrons. The third kappa shape index (κ3) is 4.04. The standard InChI is InChI=1S/C13H15NO6/c15-12(14-7-13(16)17)2-1-5-18-9-3-4-10-11(6-9)20-8-19-10/h3-4,6H,1-2,5,7-8H2,(H,14,15)(H,16,17). The van der Waals surface area contributed by atoms with Crippen molar-refractivity contribution in [2.24, 2.45) is 0 Å². The molecule has 0 saturated heterocycles. The van der Waals surface area contributed by atoms with Gasteiger partial charge in [-0.2, -0.15) is 0 Å². The van der Waals surface area contributed by atoms with Crippen LogP contribution >= 0.6 is 0 Å². The van der Waals surface area contributed by atoms with Crippen LogP contribution in [0, 0.1) is 0 Å².